The molecule has 2 aromatic carbocycles. The Morgan fingerprint density at radius 3 is 2.55 bits per heavy atom. The standard InChI is InChI=1S/C16H13ClN2O/c1-12-4-2-3-5-16(12)20-15-10-18-19(11-15)14-8-6-13(17)7-9-14/h2-11H,1H3. The normalized spacial score (nSPS) is 10.5. The predicted molar refractivity (Wildman–Crippen MR) is 79.8 cm³/mol. The molecule has 0 aliphatic carbocycles. The third-order valence-corrected chi connectivity index (χ3v) is 3.22. The van der Waals surface area contributed by atoms with Crippen LogP contribution in [0.3, 0.4) is 0 Å². The lowest BCUT2D eigenvalue weighted by atomic mass is 10.2. The SMILES string of the molecule is Cc1ccccc1Oc1cnn(-c2ccc(Cl)cc2)c1. The van der Waals surface area contributed by atoms with Crippen molar-refractivity contribution in [2.24, 2.45) is 0 Å². The molecule has 0 saturated heterocycles. The van der Waals surface area contributed by atoms with E-state index in [4.69, 9.17) is 16.3 Å². The van der Waals surface area contributed by atoms with E-state index >= 15 is 0 Å². The van der Waals surface area contributed by atoms with E-state index in [9.17, 15) is 0 Å². The van der Waals surface area contributed by atoms with E-state index < -0.39 is 0 Å². The third kappa shape index (κ3) is 2.68. The monoisotopic (exact) mass is 284 g/mol. The van der Waals surface area contributed by atoms with Crippen LogP contribution in [-0.4, -0.2) is 9.78 Å². The Morgan fingerprint density at radius 2 is 1.80 bits per heavy atom. The molecule has 3 aromatic rings. The number of para-hydroxylation sites is 1. The predicted octanol–water partition coefficient (Wildman–Crippen LogP) is 4.63. The quantitative estimate of drug-likeness (QED) is 0.701. The van der Waals surface area contributed by atoms with E-state index in [1.54, 1.807) is 10.9 Å². The summed E-state index contributed by atoms with van der Waals surface area (Å²) < 4.78 is 7.58. The van der Waals surface area contributed by atoms with Gasteiger partial charge in [0, 0.05) is 5.02 Å². The molecule has 0 unspecified atom stereocenters. The maximum absolute atomic E-state index is 5.87. The molecule has 0 saturated carbocycles. The highest BCUT2D eigenvalue weighted by atomic mass is 35.5. The van der Waals surface area contributed by atoms with Gasteiger partial charge >= 0.3 is 0 Å². The minimum atomic E-state index is 0.703. The van der Waals surface area contributed by atoms with Gasteiger partial charge in [-0.25, -0.2) is 4.68 Å². The fourth-order valence-corrected chi connectivity index (χ4v) is 2.02. The Morgan fingerprint density at radius 1 is 1.05 bits per heavy atom. The van der Waals surface area contributed by atoms with Gasteiger partial charge in [-0.15, -0.1) is 0 Å². The summed E-state index contributed by atoms with van der Waals surface area (Å²) in [5.41, 5.74) is 2.03. The van der Waals surface area contributed by atoms with Crippen LogP contribution in [-0.2, 0) is 0 Å². The molecule has 3 rings (SSSR count). The second-order valence-corrected chi connectivity index (χ2v) is 4.90. The smallest absolute Gasteiger partial charge is 0.165 e. The fourth-order valence-electron chi connectivity index (χ4n) is 1.89. The zero-order valence-electron chi connectivity index (χ0n) is 11.0. The van der Waals surface area contributed by atoms with E-state index in [0.29, 0.717) is 10.8 Å². The average Bonchev–Trinajstić information content (AvgIpc) is 2.91. The van der Waals surface area contributed by atoms with Crippen molar-refractivity contribution < 1.29 is 4.74 Å². The molecule has 0 N–H and O–H groups in total. The highest BCUT2D eigenvalue weighted by Crippen LogP contribution is 2.25. The van der Waals surface area contributed by atoms with E-state index in [0.717, 1.165) is 17.0 Å². The third-order valence-electron chi connectivity index (χ3n) is 2.97. The van der Waals surface area contributed by atoms with Crippen LogP contribution in [0.15, 0.2) is 60.9 Å². The Labute approximate surface area is 122 Å². The van der Waals surface area contributed by atoms with Gasteiger partial charge in [-0.3, -0.25) is 0 Å². The number of hydrogen-bond acceptors (Lipinski definition) is 2. The first-order chi connectivity index (χ1) is 9.72. The molecule has 4 heteroatoms. The second kappa shape index (κ2) is 5.39. The van der Waals surface area contributed by atoms with Crippen LogP contribution in [0.5, 0.6) is 11.5 Å². The number of rotatable bonds is 3. The van der Waals surface area contributed by atoms with Gasteiger partial charge in [0.25, 0.3) is 0 Å². The highest BCUT2D eigenvalue weighted by molar-refractivity contribution is 6.30. The molecule has 0 aliphatic heterocycles. The van der Waals surface area contributed by atoms with Crippen molar-refractivity contribution in [2.45, 2.75) is 6.92 Å². The topological polar surface area (TPSA) is 27.1 Å². The number of aryl methyl sites for hydroxylation is 1. The zero-order valence-corrected chi connectivity index (χ0v) is 11.7. The highest BCUT2D eigenvalue weighted by Gasteiger charge is 2.04. The minimum Gasteiger partial charge on any atom is -0.454 e. The number of benzene rings is 2. The molecule has 0 radical (unpaired) electrons. The Bertz CT molecular complexity index is 719. The van der Waals surface area contributed by atoms with Crippen molar-refractivity contribution >= 4 is 11.6 Å². The molecule has 0 spiro atoms. The van der Waals surface area contributed by atoms with Crippen LogP contribution in [0.25, 0.3) is 5.69 Å². The molecule has 3 nitrogen and oxygen atoms in total. The molecule has 0 amide bonds. The molecule has 0 bridgehead atoms. The summed E-state index contributed by atoms with van der Waals surface area (Å²) in [6.07, 6.45) is 3.54. The first-order valence-electron chi connectivity index (χ1n) is 6.26. The lowest BCUT2D eigenvalue weighted by Gasteiger charge is -2.05. The number of halogens is 1. The fraction of sp³-hybridized carbons (Fsp3) is 0.0625. The summed E-state index contributed by atoms with van der Waals surface area (Å²) in [6, 6.07) is 15.4. The van der Waals surface area contributed by atoms with Crippen molar-refractivity contribution in [3.63, 3.8) is 0 Å². The van der Waals surface area contributed by atoms with Crippen LogP contribution >= 0.6 is 11.6 Å². The van der Waals surface area contributed by atoms with Gasteiger partial charge in [-0.1, -0.05) is 29.8 Å². The van der Waals surface area contributed by atoms with E-state index in [1.165, 1.54) is 0 Å². The summed E-state index contributed by atoms with van der Waals surface area (Å²) in [7, 11) is 0. The number of ether oxygens (including phenoxy) is 1. The zero-order chi connectivity index (χ0) is 13.9. The van der Waals surface area contributed by atoms with Crippen molar-refractivity contribution in [3.05, 3.63) is 71.5 Å². The van der Waals surface area contributed by atoms with Gasteiger partial charge in [-0.05, 0) is 42.8 Å². The van der Waals surface area contributed by atoms with Gasteiger partial charge in [0.15, 0.2) is 5.75 Å². The summed E-state index contributed by atoms with van der Waals surface area (Å²) in [5.74, 6) is 1.54. The van der Waals surface area contributed by atoms with Crippen molar-refractivity contribution in [1.82, 2.24) is 9.78 Å². The first-order valence-corrected chi connectivity index (χ1v) is 6.64. The maximum atomic E-state index is 5.87. The average molecular weight is 285 g/mol. The molecular formula is C16H13ClN2O. The van der Waals surface area contributed by atoms with Crippen LogP contribution in [0.4, 0.5) is 0 Å². The molecule has 0 atom stereocenters. The lowest BCUT2D eigenvalue weighted by Crippen LogP contribution is -1.92. The van der Waals surface area contributed by atoms with Gasteiger partial charge in [-0.2, -0.15) is 5.10 Å². The van der Waals surface area contributed by atoms with E-state index in [2.05, 4.69) is 5.10 Å². The van der Waals surface area contributed by atoms with Gasteiger partial charge in [0.1, 0.15) is 5.75 Å². The van der Waals surface area contributed by atoms with E-state index in [-0.39, 0.29) is 0 Å². The number of hydrogen-bond donors (Lipinski definition) is 0. The van der Waals surface area contributed by atoms with Crippen LogP contribution in [0, 0.1) is 6.92 Å². The maximum Gasteiger partial charge on any atom is 0.165 e. The Kier molecular flexibility index (Phi) is 3.44. The largest absolute Gasteiger partial charge is 0.454 e. The van der Waals surface area contributed by atoms with Gasteiger partial charge < -0.3 is 4.74 Å². The summed E-state index contributed by atoms with van der Waals surface area (Å²) in [4.78, 5) is 0. The van der Waals surface area contributed by atoms with E-state index in [1.807, 2.05) is 61.7 Å². The number of nitrogens with zero attached hydrogens (tertiary/aromatic N) is 2. The molecule has 1 aromatic heterocycles. The van der Waals surface area contributed by atoms with Crippen LogP contribution in [0.2, 0.25) is 5.02 Å². The molecular weight excluding hydrogens is 272 g/mol. The molecule has 0 aliphatic rings. The van der Waals surface area contributed by atoms with Crippen LogP contribution < -0.4 is 4.74 Å². The van der Waals surface area contributed by atoms with Crippen molar-refractivity contribution in [2.75, 3.05) is 0 Å². The van der Waals surface area contributed by atoms with Gasteiger partial charge in [0.2, 0.25) is 0 Å². The first kappa shape index (κ1) is 12.8. The Hall–Kier alpha value is -2.26. The minimum absolute atomic E-state index is 0.703. The lowest BCUT2D eigenvalue weighted by molar-refractivity contribution is 0.478. The summed E-state index contributed by atoms with van der Waals surface area (Å²) >= 11 is 5.87. The molecule has 100 valence electrons. The number of aromatic nitrogens is 2. The summed E-state index contributed by atoms with van der Waals surface area (Å²) in [5, 5.41) is 5.00. The second-order valence-electron chi connectivity index (χ2n) is 4.46. The van der Waals surface area contributed by atoms with Crippen LogP contribution in [0.1, 0.15) is 5.56 Å². The van der Waals surface area contributed by atoms with Crippen molar-refractivity contribution in [1.29, 1.82) is 0 Å². The summed E-state index contributed by atoms with van der Waals surface area (Å²) in [6.45, 7) is 2.01. The molecule has 0 fully saturated rings. The van der Waals surface area contributed by atoms with Gasteiger partial charge in [0.05, 0.1) is 18.1 Å². The molecule has 1 heterocycles. The molecule has 20 heavy (non-hydrogen) atoms. The van der Waals surface area contributed by atoms with Crippen molar-refractivity contribution in [3.8, 4) is 17.2 Å². The Balaban J connectivity index is 1.84.